The van der Waals surface area contributed by atoms with Gasteiger partial charge in [0.2, 0.25) is 0 Å². The number of halogens is 4. The average Bonchev–Trinajstić information content (AvgIpc) is 2.19. The summed E-state index contributed by atoms with van der Waals surface area (Å²) in [5, 5.41) is 11.0. The molecule has 0 aliphatic heterocycles. The minimum Gasteiger partial charge on any atom is -0.480 e. The van der Waals surface area contributed by atoms with Crippen LogP contribution in [0.4, 0.5) is 19.0 Å². The Labute approximate surface area is 106 Å². The highest BCUT2D eigenvalue weighted by molar-refractivity contribution is 6.33. The Kier molecular flexibility index (Phi) is 3.75. The highest BCUT2D eigenvalue weighted by Gasteiger charge is 2.33. The van der Waals surface area contributed by atoms with Crippen LogP contribution in [0.25, 0.3) is 0 Å². The van der Waals surface area contributed by atoms with Gasteiger partial charge in [-0.1, -0.05) is 11.6 Å². The molecule has 0 atom stereocenters. The van der Waals surface area contributed by atoms with E-state index in [1.54, 1.807) is 0 Å². The first-order chi connectivity index (χ1) is 8.04. The van der Waals surface area contributed by atoms with Gasteiger partial charge >= 0.3 is 12.1 Å². The van der Waals surface area contributed by atoms with Crippen molar-refractivity contribution >= 4 is 23.4 Å². The molecule has 0 saturated heterocycles. The van der Waals surface area contributed by atoms with E-state index in [4.69, 9.17) is 16.7 Å². The lowest BCUT2D eigenvalue weighted by Crippen LogP contribution is -2.40. The van der Waals surface area contributed by atoms with Gasteiger partial charge in [0.25, 0.3) is 0 Å². The maximum absolute atomic E-state index is 12.4. The second-order valence-corrected chi connectivity index (χ2v) is 4.51. The van der Waals surface area contributed by atoms with Crippen LogP contribution in [0.5, 0.6) is 0 Å². The molecular formula is C10H10ClF3N2O2. The minimum atomic E-state index is -4.54. The number of aromatic nitrogens is 1. The van der Waals surface area contributed by atoms with Gasteiger partial charge in [0, 0.05) is 6.20 Å². The van der Waals surface area contributed by atoms with E-state index in [2.05, 4.69) is 10.3 Å². The number of carbonyl (C=O) groups is 1. The first-order valence-corrected chi connectivity index (χ1v) is 5.16. The number of hydrogen-bond acceptors (Lipinski definition) is 3. The number of alkyl halides is 3. The van der Waals surface area contributed by atoms with Gasteiger partial charge < -0.3 is 10.4 Å². The maximum atomic E-state index is 12.4. The maximum Gasteiger partial charge on any atom is 0.417 e. The lowest BCUT2D eigenvalue weighted by Gasteiger charge is -2.22. The van der Waals surface area contributed by atoms with E-state index in [1.165, 1.54) is 13.8 Å². The van der Waals surface area contributed by atoms with Crippen LogP contribution in [0.2, 0.25) is 5.02 Å². The Bertz CT molecular complexity index is 475. The van der Waals surface area contributed by atoms with Gasteiger partial charge in [-0.3, -0.25) is 0 Å². The fourth-order valence-electron chi connectivity index (χ4n) is 1.03. The van der Waals surface area contributed by atoms with Crippen molar-refractivity contribution in [1.82, 2.24) is 4.98 Å². The molecule has 1 aromatic heterocycles. The molecule has 18 heavy (non-hydrogen) atoms. The van der Waals surface area contributed by atoms with E-state index < -0.39 is 23.2 Å². The Balaban J connectivity index is 3.04. The van der Waals surface area contributed by atoms with Crippen LogP contribution < -0.4 is 5.32 Å². The molecule has 0 unspecified atom stereocenters. The van der Waals surface area contributed by atoms with Crippen molar-refractivity contribution in [3.8, 4) is 0 Å². The highest BCUT2D eigenvalue weighted by atomic mass is 35.5. The molecule has 0 aliphatic carbocycles. The zero-order valence-electron chi connectivity index (χ0n) is 9.47. The molecule has 1 aromatic rings. The van der Waals surface area contributed by atoms with Gasteiger partial charge in [-0.25, -0.2) is 9.78 Å². The number of nitrogens with one attached hydrogen (secondary N) is 1. The Hall–Kier alpha value is -1.50. The van der Waals surface area contributed by atoms with Gasteiger partial charge in [-0.05, 0) is 19.9 Å². The predicted molar refractivity (Wildman–Crippen MR) is 59.6 cm³/mol. The topological polar surface area (TPSA) is 62.2 Å². The Morgan fingerprint density at radius 3 is 2.39 bits per heavy atom. The number of pyridine rings is 1. The summed E-state index contributed by atoms with van der Waals surface area (Å²) in [6.45, 7) is 2.68. The van der Waals surface area contributed by atoms with Gasteiger partial charge in [-0.2, -0.15) is 13.2 Å². The lowest BCUT2D eigenvalue weighted by atomic mass is 10.1. The SMILES string of the molecule is CC(C)(Nc1ncc(C(F)(F)F)cc1Cl)C(=O)O. The number of carboxylic acid groups (broad SMARTS) is 1. The molecule has 0 aromatic carbocycles. The number of hydrogen-bond donors (Lipinski definition) is 2. The summed E-state index contributed by atoms with van der Waals surface area (Å²) in [7, 11) is 0. The summed E-state index contributed by atoms with van der Waals surface area (Å²) >= 11 is 5.63. The van der Waals surface area contributed by atoms with Gasteiger partial charge in [0.15, 0.2) is 0 Å². The van der Waals surface area contributed by atoms with Crippen LogP contribution in [0, 0.1) is 0 Å². The van der Waals surface area contributed by atoms with E-state index in [0.29, 0.717) is 12.3 Å². The van der Waals surface area contributed by atoms with E-state index in [9.17, 15) is 18.0 Å². The molecule has 0 saturated carbocycles. The lowest BCUT2D eigenvalue weighted by molar-refractivity contribution is -0.141. The molecule has 4 nitrogen and oxygen atoms in total. The molecule has 1 rings (SSSR count). The Morgan fingerprint density at radius 1 is 1.44 bits per heavy atom. The highest BCUT2D eigenvalue weighted by Crippen LogP contribution is 2.33. The molecule has 0 amide bonds. The quantitative estimate of drug-likeness (QED) is 0.894. The molecule has 0 radical (unpaired) electrons. The van der Waals surface area contributed by atoms with Crippen molar-refractivity contribution in [3.05, 3.63) is 22.8 Å². The van der Waals surface area contributed by atoms with Crippen LogP contribution in [0.3, 0.4) is 0 Å². The minimum absolute atomic E-state index is 0.114. The van der Waals surface area contributed by atoms with E-state index in [0.717, 1.165) is 0 Å². The molecule has 1 heterocycles. The fraction of sp³-hybridized carbons (Fsp3) is 0.400. The standard InChI is InChI=1S/C10H10ClF3N2O2/c1-9(2,8(17)18)16-7-6(11)3-5(4-15-7)10(12,13)14/h3-4H,1-2H3,(H,15,16)(H,17,18). The molecule has 0 aliphatic rings. The van der Waals surface area contributed by atoms with Crippen molar-refractivity contribution in [3.63, 3.8) is 0 Å². The van der Waals surface area contributed by atoms with E-state index >= 15 is 0 Å². The monoisotopic (exact) mass is 282 g/mol. The molecule has 0 fully saturated rings. The Morgan fingerprint density at radius 2 is 2.00 bits per heavy atom. The molecule has 8 heteroatoms. The van der Waals surface area contributed by atoms with Crippen LogP contribution in [-0.4, -0.2) is 21.6 Å². The predicted octanol–water partition coefficient (Wildman–Crippen LogP) is 3.03. The van der Waals surface area contributed by atoms with Crippen molar-refractivity contribution in [2.45, 2.75) is 25.6 Å². The van der Waals surface area contributed by atoms with E-state index in [1.807, 2.05) is 0 Å². The van der Waals surface area contributed by atoms with Crippen LogP contribution in [0.1, 0.15) is 19.4 Å². The summed E-state index contributed by atoms with van der Waals surface area (Å²) in [6.07, 6.45) is -3.95. The van der Waals surface area contributed by atoms with Crippen molar-refractivity contribution in [1.29, 1.82) is 0 Å². The largest absolute Gasteiger partial charge is 0.480 e. The summed E-state index contributed by atoms with van der Waals surface area (Å²) < 4.78 is 37.1. The van der Waals surface area contributed by atoms with Gasteiger partial charge in [0.1, 0.15) is 11.4 Å². The van der Waals surface area contributed by atoms with E-state index in [-0.39, 0.29) is 10.8 Å². The number of rotatable bonds is 3. The third-order valence-electron chi connectivity index (χ3n) is 2.13. The second-order valence-electron chi connectivity index (χ2n) is 4.11. The van der Waals surface area contributed by atoms with Crippen molar-refractivity contribution < 1.29 is 23.1 Å². The third-order valence-corrected chi connectivity index (χ3v) is 2.42. The molecular weight excluding hydrogens is 273 g/mol. The smallest absolute Gasteiger partial charge is 0.417 e. The molecule has 0 bridgehead atoms. The fourth-order valence-corrected chi connectivity index (χ4v) is 1.25. The zero-order valence-corrected chi connectivity index (χ0v) is 10.2. The summed E-state index contributed by atoms with van der Waals surface area (Å²) in [5.74, 6) is -1.29. The number of carboxylic acids is 1. The number of nitrogens with zero attached hydrogens (tertiary/aromatic N) is 1. The van der Waals surface area contributed by atoms with Crippen molar-refractivity contribution in [2.75, 3.05) is 5.32 Å². The number of anilines is 1. The molecule has 0 spiro atoms. The normalized spacial score (nSPS) is 12.3. The van der Waals surface area contributed by atoms with Crippen LogP contribution in [0.15, 0.2) is 12.3 Å². The van der Waals surface area contributed by atoms with Gasteiger partial charge in [-0.15, -0.1) is 0 Å². The first kappa shape index (κ1) is 14.6. The van der Waals surface area contributed by atoms with Crippen molar-refractivity contribution in [2.24, 2.45) is 0 Å². The zero-order chi connectivity index (χ0) is 14.1. The van der Waals surface area contributed by atoms with Crippen LogP contribution >= 0.6 is 11.6 Å². The number of aliphatic carboxylic acids is 1. The summed E-state index contributed by atoms with van der Waals surface area (Å²) in [4.78, 5) is 14.3. The van der Waals surface area contributed by atoms with Crippen LogP contribution in [-0.2, 0) is 11.0 Å². The van der Waals surface area contributed by atoms with Gasteiger partial charge in [0.05, 0.1) is 10.6 Å². The average molecular weight is 283 g/mol. The summed E-state index contributed by atoms with van der Waals surface area (Å²) in [5.41, 5.74) is -2.39. The molecule has 2 N–H and O–H groups in total. The second kappa shape index (κ2) is 4.64. The first-order valence-electron chi connectivity index (χ1n) is 4.78. The third kappa shape index (κ3) is 3.25. The summed E-state index contributed by atoms with van der Waals surface area (Å²) in [6, 6.07) is 0.689. The molecule has 100 valence electrons.